The summed E-state index contributed by atoms with van der Waals surface area (Å²) in [5, 5.41) is 0. The van der Waals surface area contributed by atoms with E-state index in [0.29, 0.717) is 11.3 Å². The van der Waals surface area contributed by atoms with Crippen LogP contribution in [0.2, 0.25) is 0 Å². The zero-order chi connectivity index (χ0) is 14.8. The van der Waals surface area contributed by atoms with Gasteiger partial charge in [0.05, 0.1) is 12.9 Å². The highest BCUT2D eigenvalue weighted by Gasteiger charge is 2.20. The van der Waals surface area contributed by atoms with E-state index >= 15 is 0 Å². The monoisotopic (exact) mass is 295 g/mol. The highest BCUT2D eigenvalue weighted by molar-refractivity contribution is 7.90. The number of benzene rings is 2. The first kappa shape index (κ1) is 14.3. The van der Waals surface area contributed by atoms with Gasteiger partial charge in [0.1, 0.15) is 16.5 Å². The third-order valence-electron chi connectivity index (χ3n) is 2.77. The van der Waals surface area contributed by atoms with Gasteiger partial charge in [-0.1, -0.05) is 12.1 Å². The predicted octanol–water partition coefficient (Wildman–Crippen LogP) is 2.39. The van der Waals surface area contributed by atoms with Crippen LogP contribution in [0.5, 0.6) is 5.75 Å². The van der Waals surface area contributed by atoms with Crippen LogP contribution in [0.4, 0.5) is 10.1 Å². The van der Waals surface area contributed by atoms with E-state index in [1.807, 2.05) is 0 Å². The van der Waals surface area contributed by atoms with Crippen molar-refractivity contribution < 1.29 is 17.5 Å². The van der Waals surface area contributed by atoms with Crippen molar-refractivity contribution in [2.24, 2.45) is 0 Å². The number of hydrogen-bond acceptors (Lipinski definition) is 4. The van der Waals surface area contributed by atoms with Gasteiger partial charge in [-0.25, -0.2) is 12.8 Å². The summed E-state index contributed by atoms with van der Waals surface area (Å²) in [6.45, 7) is 0. The number of sulfone groups is 1. The molecule has 0 unspecified atom stereocenters. The van der Waals surface area contributed by atoms with Crippen molar-refractivity contribution in [3.63, 3.8) is 0 Å². The van der Waals surface area contributed by atoms with Crippen molar-refractivity contribution in [2.45, 2.75) is 10.6 Å². The lowest BCUT2D eigenvalue weighted by Gasteiger charge is -2.10. The average molecular weight is 295 g/mol. The van der Waals surface area contributed by atoms with Crippen LogP contribution in [0.25, 0.3) is 0 Å². The third-order valence-corrected chi connectivity index (χ3v) is 4.49. The maximum absolute atomic E-state index is 13.1. The normalized spacial score (nSPS) is 11.3. The summed E-state index contributed by atoms with van der Waals surface area (Å²) in [7, 11) is -2.27. The maximum atomic E-state index is 13.1. The van der Waals surface area contributed by atoms with E-state index < -0.39 is 15.7 Å². The van der Waals surface area contributed by atoms with Gasteiger partial charge in [-0.05, 0) is 29.8 Å². The second-order valence-electron chi connectivity index (χ2n) is 4.30. The quantitative estimate of drug-likeness (QED) is 0.879. The number of nitrogens with two attached hydrogens (primary N) is 1. The molecule has 0 aliphatic carbocycles. The Hall–Kier alpha value is -2.08. The van der Waals surface area contributed by atoms with Crippen LogP contribution in [-0.4, -0.2) is 15.5 Å². The van der Waals surface area contributed by atoms with E-state index in [0.717, 1.165) is 0 Å². The zero-order valence-corrected chi connectivity index (χ0v) is 11.7. The van der Waals surface area contributed by atoms with Crippen molar-refractivity contribution in [1.29, 1.82) is 0 Å². The molecule has 0 amide bonds. The molecule has 6 heteroatoms. The zero-order valence-electron chi connectivity index (χ0n) is 10.8. The lowest BCUT2D eigenvalue weighted by Crippen LogP contribution is -2.07. The first-order valence-corrected chi connectivity index (χ1v) is 7.48. The summed E-state index contributed by atoms with van der Waals surface area (Å²) in [4.78, 5) is 0.0402. The van der Waals surface area contributed by atoms with E-state index in [4.69, 9.17) is 10.5 Å². The minimum atomic E-state index is -3.64. The molecule has 2 aromatic rings. The summed E-state index contributed by atoms with van der Waals surface area (Å²) in [5.74, 6) is -0.589. The number of anilines is 1. The molecule has 0 saturated heterocycles. The van der Waals surface area contributed by atoms with Crippen molar-refractivity contribution >= 4 is 15.5 Å². The molecule has 2 N–H and O–H groups in total. The first-order valence-electron chi connectivity index (χ1n) is 5.83. The third kappa shape index (κ3) is 3.08. The average Bonchev–Trinajstić information content (AvgIpc) is 2.37. The summed E-state index contributed by atoms with van der Waals surface area (Å²) in [5.41, 5.74) is 6.38. The molecule has 0 aliphatic rings. The van der Waals surface area contributed by atoms with Crippen LogP contribution in [0, 0.1) is 5.82 Å². The van der Waals surface area contributed by atoms with Gasteiger partial charge in [-0.2, -0.15) is 0 Å². The van der Waals surface area contributed by atoms with Gasteiger partial charge < -0.3 is 10.5 Å². The minimum absolute atomic E-state index is 0.0402. The SMILES string of the molecule is COc1cc(N)ccc1S(=O)(=O)Cc1cccc(F)c1. The number of rotatable bonds is 4. The Morgan fingerprint density at radius 3 is 2.60 bits per heavy atom. The van der Waals surface area contributed by atoms with Crippen LogP contribution >= 0.6 is 0 Å². The molecule has 0 heterocycles. The van der Waals surface area contributed by atoms with Crippen LogP contribution in [0.1, 0.15) is 5.56 Å². The van der Waals surface area contributed by atoms with E-state index in [2.05, 4.69) is 0 Å². The smallest absolute Gasteiger partial charge is 0.186 e. The van der Waals surface area contributed by atoms with Gasteiger partial charge >= 0.3 is 0 Å². The highest BCUT2D eigenvalue weighted by atomic mass is 32.2. The molecule has 20 heavy (non-hydrogen) atoms. The number of methoxy groups -OCH3 is 1. The van der Waals surface area contributed by atoms with Crippen molar-refractivity contribution in [2.75, 3.05) is 12.8 Å². The van der Waals surface area contributed by atoms with Gasteiger partial charge in [-0.15, -0.1) is 0 Å². The number of halogens is 1. The molecule has 0 aliphatic heterocycles. The molecule has 0 bridgehead atoms. The summed E-state index contributed by atoms with van der Waals surface area (Å²) < 4.78 is 42.9. The summed E-state index contributed by atoms with van der Waals surface area (Å²) in [6.07, 6.45) is 0. The maximum Gasteiger partial charge on any atom is 0.186 e. The molecule has 0 spiro atoms. The largest absolute Gasteiger partial charge is 0.495 e. The first-order chi connectivity index (χ1) is 9.42. The van der Waals surface area contributed by atoms with E-state index in [1.165, 1.54) is 43.5 Å². The lowest BCUT2D eigenvalue weighted by atomic mass is 10.2. The Kier molecular flexibility index (Phi) is 3.94. The molecular formula is C14H14FNO3S. The molecule has 0 fully saturated rings. The molecule has 106 valence electrons. The number of nitrogen functional groups attached to an aromatic ring is 1. The molecule has 0 aromatic heterocycles. The Labute approximate surface area is 116 Å². The van der Waals surface area contributed by atoms with Crippen LogP contribution in [0.15, 0.2) is 47.4 Å². The van der Waals surface area contributed by atoms with Gasteiger partial charge in [-0.3, -0.25) is 0 Å². The molecular weight excluding hydrogens is 281 g/mol. The molecule has 0 atom stereocenters. The lowest BCUT2D eigenvalue weighted by molar-refractivity contribution is 0.403. The highest BCUT2D eigenvalue weighted by Crippen LogP contribution is 2.28. The predicted molar refractivity (Wildman–Crippen MR) is 74.7 cm³/mol. The second kappa shape index (κ2) is 5.50. The number of hydrogen-bond donors (Lipinski definition) is 1. The fourth-order valence-corrected chi connectivity index (χ4v) is 3.36. The fraction of sp³-hybridized carbons (Fsp3) is 0.143. The Balaban J connectivity index is 2.40. The second-order valence-corrected chi connectivity index (χ2v) is 6.26. The van der Waals surface area contributed by atoms with Gasteiger partial charge in [0.25, 0.3) is 0 Å². The van der Waals surface area contributed by atoms with E-state index in [9.17, 15) is 12.8 Å². The van der Waals surface area contributed by atoms with Gasteiger partial charge in [0.15, 0.2) is 9.84 Å². The van der Waals surface area contributed by atoms with Gasteiger partial charge in [0.2, 0.25) is 0 Å². The molecule has 0 radical (unpaired) electrons. The van der Waals surface area contributed by atoms with Crippen LogP contribution in [-0.2, 0) is 15.6 Å². The topological polar surface area (TPSA) is 69.4 Å². The molecule has 4 nitrogen and oxygen atoms in total. The Bertz CT molecular complexity index is 729. The summed E-state index contributed by atoms with van der Waals surface area (Å²) in [6, 6.07) is 9.81. The van der Waals surface area contributed by atoms with E-state index in [1.54, 1.807) is 6.07 Å². The van der Waals surface area contributed by atoms with Crippen LogP contribution in [0.3, 0.4) is 0 Å². The van der Waals surface area contributed by atoms with E-state index in [-0.39, 0.29) is 16.4 Å². The molecule has 2 aromatic carbocycles. The van der Waals surface area contributed by atoms with Crippen molar-refractivity contribution in [3.8, 4) is 5.75 Å². The van der Waals surface area contributed by atoms with Gasteiger partial charge in [0, 0.05) is 11.8 Å². The van der Waals surface area contributed by atoms with Crippen LogP contribution < -0.4 is 10.5 Å². The summed E-state index contributed by atoms with van der Waals surface area (Å²) >= 11 is 0. The van der Waals surface area contributed by atoms with Crippen molar-refractivity contribution in [1.82, 2.24) is 0 Å². The standard InChI is InChI=1S/C14H14FNO3S/c1-19-13-8-12(16)5-6-14(13)20(17,18)9-10-3-2-4-11(15)7-10/h2-8H,9,16H2,1H3. The molecule has 2 rings (SSSR count). The van der Waals surface area contributed by atoms with Crippen molar-refractivity contribution in [3.05, 3.63) is 53.8 Å². The molecule has 0 saturated carbocycles. The number of ether oxygens (including phenoxy) is 1. The fourth-order valence-electron chi connectivity index (χ4n) is 1.87. The Morgan fingerprint density at radius 1 is 1.20 bits per heavy atom. The minimum Gasteiger partial charge on any atom is -0.495 e. The Morgan fingerprint density at radius 2 is 1.95 bits per heavy atom.